The van der Waals surface area contributed by atoms with Crippen molar-refractivity contribution >= 4 is 11.6 Å². The monoisotopic (exact) mass is 393 g/mol. The SMILES string of the molecule is CC[C@@H](C)Oc1c(C)cc(NC(=O)C2(c3ccc(C)cc3)CCCCC2)cc1C. The zero-order valence-corrected chi connectivity index (χ0v) is 18.6. The first-order chi connectivity index (χ1) is 13.9. The molecule has 2 aromatic carbocycles. The fraction of sp³-hybridized carbons (Fsp3) is 0.500. The summed E-state index contributed by atoms with van der Waals surface area (Å²) in [4.78, 5) is 13.6. The Balaban J connectivity index is 1.87. The third-order valence-corrected chi connectivity index (χ3v) is 6.36. The molecule has 3 nitrogen and oxygen atoms in total. The third-order valence-electron chi connectivity index (χ3n) is 6.36. The molecule has 1 saturated carbocycles. The summed E-state index contributed by atoms with van der Waals surface area (Å²) in [6.45, 7) is 10.4. The summed E-state index contributed by atoms with van der Waals surface area (Å²) in [7, 11) is 0. The summed E-state index contributed by atoms with van der Waals surface area (Å²) in [6, 6.07) is 12.6. The molecule has 0 spiro atoms. The van der Waals surface area contributed by atoms with Crippen LogP contribution in [0.1, 0.15) is 74.6 Å². The number of rotatable bonds is 6. The quantitative estimate of drug-likeness (QED) is 0.598. The van der Waals surface area contributed by atoms with Gasteiger partial charge in [-0.1, -0.05) is 56.0 Å². The minimum absolute atomic E-state index is 0.121. The normalized spacial score (nSPS) is 16.9. The molecule has 3 heteroatoms. The van der Waals surface area contributed by atoms with Gasteiger partial charge in [-0.2, -0.15) is 0 Å². The number of anilines is 1. The first kappa shape index (κ1) is 21.4. The number of carbonyl (C=O) groups is 1. The topological polar surface area (TPSA) is 38.3 Å². The highest BCUT2D eigenvalue weighted by Crippen LogP contribution is 2.41. The average Bonchev–Trinajstić information content (AvgIpc) is 2.71. The van der Waals surface area contributed by atoms with Crippen molar-refractivity contribution in [2.24, 2.45) is 0 Å². The van der Waals surface area contributed by atoms with Gasteiger partial charge in [-0.05, 0) is 75.8 Å². The lowest BCUT2D eigenvalue weighted by molar-refractivity contribution is -0.122. The van der Waals surface area contributed by atoms with Gasteiger partial charge in [0.1, 0.15) is 5.75 Å². The molecule has 1 aliphatic carbocycles. The number of ether oxygens (including phenoxy) is 1. The molecule has 1 amide bonds. The van der Waals surface area contributed by atoms with Crippen molar-refractivity contribution in [1.29, 1.82) is 0 Å². The summed E-state index contributed by atoms with van der Waals surface area (Å²) in [6.07, 6.45) is 6.38. The van der Waals surface area contributed by atoms with Crippen LogP contribution in [0.15, 0.2) is 36.4 Å². The molecule has 1 atom stereocenters. The van der Waals surface area contributed by atoms with E-state index in [1.807, 2.05) is 12.1 Å². The smallest absolute Gasteiger partial charge is 0.235 e. The van der Waals surface area contributed by atoms with Gasteiger partial charge in [-0.3, -0.25) is 4.79 Å². The second-order valence-corrected chi connectivity index (χ2v) is 8.74. The number of benzene rings is 2. The van der Waals surface area contributed by atoms with Crippen molar-refractivity contribution in [1.82, 2.24) is 0 Å². The average molecular weight is 394 g/mol. The minimum Gasteiger partial charge on any atom is -0.490 e. The Kier molecular flexibility index (Phi) is 6.66. The first-order valence-corrected chi connectivity index (χ1v) is 11.0. The van der Waals surface area contributed by atoms with E-state index in [-0.39, 0.29) is 12.0 Å². The van der Waals surface area contributed by atoms with Crippen LogP contribution in [-0.4, -0.2) is 12.0 Å². The van der Waals surface area contributed by atoms with E-state index in [0.717, 1.165) is 60.2 Å². The van der Waals surface area contributed by atoms with Crippen LogP contribution in [0.5, 0.6) is 5.75 Å². The lowest BCUT2D eigenvalue weighted by Gasteiger charge is -2.36. The molecular formula is C26H35NO2. The van der Waals surface area contributed by atoms with E-state index in [2.05, 4.69) is 64.2 Å². The van der Waals surface area contributed by atoms with E-state index in [0.29, 0.717) is 0 Å². The van der Waals surface area contributed by atoms with Gasteiger partial charge in [0.05, 0.1) is 11.5 Å². The van der Waals surface area contributed by atoms with Crippen LogP contribution in [0.4, 0.5) is 5.69 Å². The Labute approximate surface area is 175 Å². The van der Waals surface area contributed by atoms with Crippen molar-refractivity contribution < 1.29 is 9.53 Å². The van der Waals surface area contributed by atoms with Gasteiger partial charge >= 0.3 is 0 Å². The molecule has 1 fully saturated rings. The Hall–Kier alpha value is -2.29. The van der Waals surface area contributed by atoms with Crippen LogP contribution in [-0.2, 0) is 10.2 Å². The molecule has 0 saturated heterocycles. The zero-order valence-electron chi connectivity index (χ0n) is 18.6. The number of amides is 1. The summed E-state index contributed by atoms with van der Waals surface area (Å²) in [5, 5.41) is 3.25. The van der Waals surface area contributed by atoms with Crippen LogP contribution >= 0.6 is 0 Å². The van der Waals surface area contributed by atoms with Crippen molar-refractivity contribution in [2.75, 3.05) is 5.32 Å². The fourth-order valence-electron chi connectivity index (χ4n) is 4.42. The molecule has 29 heavy (non-hydrogen) atoms. The number of carbonyl (C=O) groups excluding carboxylic acids is 1. The highest BCUT2D eigenvalue weighted by Gasteiger charge is 2.41. The maximum Gasteiger partial charge on any atom is 0.235 e. The lowest BCUT2D eigenvalue weighted by atomic mass is 9.68. The summed E-state index contributed by atoms with van der Waals surface area (Å²) in [5.74, 6) is 1.05. The van der Waals surface area contributed by atoms with Crippen molar-refractivity contribution in [3.05, 3.63) is 58.7 Å². The standard InChI is InChI=1S/C26H35NO2/c1-6-21(5)29-24-19(3)16-23(17-20(24)4)27-25(28)26(14-8-7-9-15-26)22-12-10-18(2)11-13-22/h10-13,16-17,21H,6-9,14-15H2,1-5H3,(H,27,28)/t21-/m1/s1. The highest BCUT2D eigenvalue weighted by atomic mass is 16.5. The molecule has 1 aliphatic rings. The second-order valence-electron chi connectivity index (χ2n) is 8.74. The molecule has 0 bridgehead atoms. The molecule has 1 N–H and O–H groups in total. The van der Waals surface area contributed by atoms with Gasteiger partial charge in [0.25, 0.3) is 0 Å². The largest absolute Gasteiger partial charge is 0.490 e. The van der Waals surface area contributed by atoms with Gasteiger partial charge in [0.15, 0.2) is 0 Å². The highest BCUT2D eigenvalue weighted by molar-refractivity contribution is 5.99. The van der Waals surface area contributed by atoms with Gasteiger partial charge in [0, 0.05) is 5.69 Å². The van der Waals surface area contributed by atoms with Gasteiger partial charge in [-0.15, -0.1) is 0 Å². The van der Waals surface area contributed by atoms with Crippen molar-refractivity contribution in [3.8, 4) is 5.75 Å². The van der Waals surface area contributed by atoms with Crippen LogP contribution in [0.3, 0.4) is 0 Å². The first-order valence-electron chi connectivity index (χ1n) is 11.0. The Morgan fingerprint density at radius 1 is 1.03 bits per heavy atom. The maximum absolute atomic E-state index is 13.6. The van der Waals surface area contributed by atoms with Gasteiger partial charge in [-0.25, -0.2) is 0 Å². The van der Waals surface area contributed by atoms with Gasteiger partial charge in [0.2, 0.25) is 5.91 Å². The third kappa shape index (κ3) is 4.66. The van der Waals surface area contributed by atoms with Crippen molar-refractivity contribution in [2.45, 2.75) is 84.7 Å². The van der Waals surface area contributed by atoms with E-state index in [4.69, 9.17) is 4.74 Å². The van der Waals surface area contributed by atoms with Crippen LogP contribution in [0.25, 0.3) is 0 Å². The van der Waals surface area contributed by atoms with E-state index in [1.165, 1.54) is 12.0 Å². The lowest BCUT2D eigenvalue weighted by Crippen LogP contribution is -2.42. The van der Waals surface area contributed by atoms with Crippen molar-refractivity contribution in [3.63, 3.8) is 0 Å². The Bertz CT molecular complexity index is 825. The van der Waals surface area contributed by atoms with E-state index in [9.17, 15) is 4.79 Å². The molecule has 0 aliphatic heterocycles. The van der Waals surface area contributed by atoms with E-state index >= 15 is 0 Å². The predicted molar refractivity (Wildman–Crippen MR) is 121 cm³/mol. The zero-order chi connectivity index (χ0) is 21.0. The molecule has 0 unspecified atom stereocenters. The van der Waals surface area contributed by atoms with E-state index in [1.54, 1.807) is 0 Å². The molecule has 0 heterocycles. The molecule has 156 valence electrons. The van der Waals surface area contributed by atoms with Gasteiger partial charge < -0.3 is 10.1 Å². The predicted octanol–water partition coefficient (Wildman–Crippen LogP) is 6.63. The maximum atomic E-state index is 13.6. The molecule has 0 aromatic heterocycles. The number of aryl methyl sites for hydroxylation is 3. The molecule has 3 rings (SSSR count). The van der Waals surface area contributed by atoms with Crippen LogP contribution in [0, 0.1) is 20.8 Å². The number of nitrogens with one attached hydrogen (secondary N) is 1. The minimum atomic E-state index is -0.431. The molecule has 0 radical (unpaired) electrons. The van der Waals surface area contributed by atoms with Crippen LogP contribution in [0.2, 0.25) is 0 Å². The number of hydrogen-bond donors (Lipinski definition) is 1. The molecular weight excluding hydrogens is 358 g/mol. The Morgan fingerprint density at radius 3 is 2.17 bits per heavy atom. The number of hydrogen-bond acceptors (Lipinski definition) is 2. The van der Waals surface area contributed by atoms with E-state index < -0.39 is 5.41 Å². The molecule has 2 aromatic rings. The fourth-order valence-corrected chi connectivity index (χ4v) is 4.42. The Morgan fingerprint density at radius 2 is 1.62 bits per heavy atom. The summed E-state index contributed by atoms with van der Waals surface area (Å²) < 4.78 is 6.09. The second kappa shape index (κ2) is 9.02. The summed E-state index contributed by atoms with van der Waals surface area (Å²) >= 11 is 0. The van der Waals surface area contributed by atoms with Crippen LogP contribution < -0.4 is 10.1 Å². The summed E-state index contributed by atoms with van der Waals surface area (Å²) in [5.41, 5.74) is 4.93.